The quantitative estimate of drug-likeness (QED) is 0.613. The van der Waals surface area contributed by atoms with Crippen molar-refractivity contribution >= 4 is 17.5 Å². The molecular formula is C20H29NO. The minimum absolute atomic E-state index is 0.330. The summed E-state index contributed by atoms with van der Waals surface area (Å²) in [4.78, 5) is 14.2. The highest BCUT2D eigenvalue weighted by molar-refractivity contribution is 6.01. The van der Waals surface area contributed by atoms with E-state index in [1.165, 1.54) is 31.4 Å². The normalized spacial score (nSPS) is 16.5. The van der Waals surface area contributed by atoms with Gasteiger partial charge in [-0.1, -0.05) is 38.8 Å². The zero-order chi connectivity index (χ0) is 15.8. The van der Waals surface area contributed by atoms with Crippen LogP contribution >= 0.6 is 0 Å². The third kappa shape index (κ3) is 4.72. The van der Waals surface area contributed by atoms with Crippen molar-refractivity contribution in [3.8, 4) is 0 Å². The summed E-state index contributed by atoms with van der Waals surface area (Å²) in [5, 5.41) is 0. The van der Waals surface area contributed by atoms with Gasteiger partial charge in [0.05, 0.1) is 0 Å². The number of nitrogens with zero attached hydrogens (tertiary/aromatic N) is 1. The van der Waals surface area contributed by atoms with Crippen LogP contribution in [-0.4, -0.2) is 18.9 Å². The number of benzene rings is 1. The van der Waals surface area contributed by atoms with Gasteiger partial charge in [-0.25, -0.2) is 0 Å². The zero-order valence-electron chi connectivity index (χ0n) is 14.1. The average Bonchev–Trinajstić information content (AvgIpc) is 2.94. The Bertz CT molecular complexity index is 493. The zero-order valence-corrected chi connectivity index (χ0v) is 14.1. The number of anilines is 1. The van der Waals surface area contributed by atoms with Crippen LogP contribution in [0.3, 0.4) is 0 Å². The van der Waals surface area contributed by atoms with E-state index in [0.717, 1.165) is 43.5 Å². The van der Waals surface area contributed by atoms with Crippen LogP contribution in [0.2, 0.25) is 0 Å². The Morgan fingerprint density at radius 1 is 1.00 bits per heavy atom. The van der Waals surface area contributed by atoms with Gasteiger partial charge in [0.15, 0.2) is 5.78 Å². The highest BCUT2D eigenvalue weighted by Gasteiger charge is 2.16. The first-order valence-electron chi connectivity index (χ1n) is 8.83. The highest BCUT2D eigenvalue weighted by atomic mass is 16.1. The van der Waals surface area contributed by atoms with Gasteiger partial charge in [-0.2, -0.15) is 0 Å². The molecule has 0 atom stereocenters. The molecule has 0 aromatic heterocycles. The van der Waals surface area contributed by atoms with E-state index in [4.69, 9.17) is 0 Å². The first kappa shape index (κ1) is 16.8. The predicted octanol–water partition coefficient (Wildman–Crippen LogP) is 5.23. The third-order valence-corrected chi connectivity index (χ3v) is 4.37. The fourth-order valence-corrected chi connectivity index (χ4v) is 2.94. The number of allylic oxidation sites excluding steroid dienone is 1. The lowest BCUT2D eigenvalue weighted by Gasteiger charge is -2.24. The molecule has 1 fully saturated rings. The van der Waals surface area contributed by atoms with Gasteiger partial charge in [-0.3, -0.25) is 4.79 Å². The van der Waals surface area contributed by atoms with Crippen LogP contribution < -0.4 is 4.90 Å². The number of ketones is 1. The molecule has 0 heterocycles. The fraction of sp³-hybridized carbons (Fsp3) is 0.550. The molecule has 22 heavy (non-hydrogen) atoms. The van der Waals surface area contributed by atoms with Crippen LogP contribution in [0.4, 0.5) is 5.69 Å². The first-order chi connectivity index (χ1) is 10.7. The number of hydrogen-bond donors (Lipinski definition) is 0. The van der Waals surface area contributed by atoms with E-state index >= 15 is 0 Å². The van der Waals surface area contributed by atoms with Crippen molar-refractivity contribution in [1.82, 2.24) is 0 Å². The maximum Gasteiger partial charge on any atom is 0.158 e. The minimum atomic E-state index is 0.330. The van der Waals surface area contributed by atoms with Crippen LogP contribution in [0, 0.1) is 0 Å². The number of Topliss-reactive ketones (excluding diaryl/α,β-unsaturated/α-hetero) is 1. The topological polar surface area (TPSA) is 20.3 Å². The maximum atomic E-state index is 11.7. The molecule has 0 radical (unpaired) electrons. The molecule has 1 aromatic carbocycles. The van der Waals surface area contributed by atoms with E-state index < -0.39 is 0 Å². The second-order valence-corrected chi connectivity index (χ2v) is 6.23. The summed E-state index contributed by atoms with van der Waals surface area (Å²) in [5.74, 6) is 0.330. The Hall–Kier alpha value is -1.57. The molecule has 2 rings (SSSR count). The van der Waals surface area contributed by atoms with E-state index in [9.17, 15) is 4.79 Å². The van der Waals surface area contributed by atoms with Crippen molar-refractivity contribution in [3.05, 3.63) is 35.4 Å². The van der Waals surface area contributed by atoms with E-state index in [0.29, 0.717) is 5.78 Å². The number of hydrogen-bond acceptors (Lipinski definition) is 2. The summed E-state index contributed by atoms with van der Waals surface area (Å²) >= 11 is 0. The first-order valence-corrected chi connectivity index (χ1v) is 8.83. The molecule has 2 nitrogen and oxygen atoms in total. The SMILES string of the molecule is CCCCN(CCCC)c1ccc(C=C2CCCC2=O)cc1. The van der Waals surface area contributed by atoms with Crippen LogP contribution in [0.25, 0.3) is 6.08 Å². The molecule has 0 unspecified atom stereocenters. The Balaban J connectivity index is 2.06. The summed E-state index contributed by atoms with van der Waals surface area (Å²) in [5.41, 5.74) is 3.46. The number of carbonyl (C=O) groups is 1. The van der Waals surface area contributed by atoms with Crippen LogP contribution in [0.1, 0.15) is 64.4 Å². The van der Waals surface area contributed by atoms with Gasteiger partial charge in [0.2, 0.25) is 0 Å². The lowest BCUT2D eigenvalue weighted by molar-refractivity contribution is -0.114. The van der Waals surface area contributed by atoms with Crippen molar-refractivity contribution in [3.63, 3.8) is 0 Å². The monoisotopic (exact) mass is 299 g/mol. The second-order valence-electron chi connectivity index (χ2n) is 6.23. The van der Waals surface area contributed by atoms with E-state index in [2.05, 4.69) is 49.1 Å². The number of rotatable bonds is 8. The molecule has 1 aliphatic rings. The van der Waals surface area contributed by atoms with Gasteiger partial charge in [0, 0.05) is 25.2 Å². The van der Waals surface area contributed by atoms with Gasteiger partial charge in [-0.15, -0.1) is 0 Å². The van der Waals surface area contributed by atoms with Crippen molar-refractivity contribution in [1.29, 1.82) is 0 Å². The lowest BCUT2D eigenvalue weighted by Crippen LogP contribution is -2.25. The number of carbonyl (C=O) groups excluding carboxylic acids is 1. The summed E-state index contributed by atoms with van der Waals surface area (Å²) in [6.07, 6.45) is 9.70. The van der Waals surface area contributed by atoms with Gasteiger partial charge in [0.1, 0.15) is 0 Å². The Morgan fingerprint density at radius 2 is 1.64 bits per heavy atom. The highest BCUT2D eigenvalue weighted by Crippen LogP contribution is 2.24. The standard InChI is InChI=1S/C20H29NO/c1-3-5-14-21(15-6-4-2)19-12-10-17(11-13-19)16-18-8-7-9-20(18)22/h10-13,16H,3-9,14-15H2,1-2H3. The van der Waals surface area contributed by atoms with Gasteiger partial charge in [-0.05, 0) is 55.0 Å². The molecule has 0 bridgehead atoms. The molecule has 1 aliphatic carbocycles. The molecule has 0 amide bonds. The summed E-state index contributed by atoms with van der Waals surface area (Å²) in [6.45, 7) is 6.75. The molecular weight excluding hydrogens is 270 g/mol. The number of unbranched alkanes of at least 4 members (excludes halogenated alkanes) is 2. The van der Waals surface area contributed by atoms with Crippen molar-refractivity contribution in [2.75, 3.05) is 18.0 Å². The van der Waals surface area contributed by atoms with Gasteiger partial charge < -0.3 is 4.90 Å². The molecule has 0 N–H and O–H groups in total. The molecule has 2 heteroatoms. The average molecular weight is 299 g/mol. The maximum absolute atomic E-state index is 11.7. The summed E-state index contributed by atoms with van der Waals surface area (Å²) in [6, 6.07) is 8.71. The van der Waals surface area contributed by atoms with Crippen molar-refractivity contribution < 1.29 is 4.79 Å². The fourth-order valence-electron chi connectivity index (χ4n) is 2.94. The Labute approximate surface area is 135 Å². The summed E-state index contributed by atoms with van der Waals surface area (Å²) in [7, 11) is 0. The van der Waals surface area contributed by atoms with Crippen LogP contribution in [-0.2, 0) is 4.79 Å². The summed E-state index contributed by atoms with van der Waals surface area (Å²) < 4.78 is 0. The molecule has 120 valence electrons. The molecule has 0 saturated heterocycles. The van der Waals surface area contributed by atoms with Crippen molar-refractivity contribution in [2.45, 2.75) is 58.8 Å². The molecule has 1 saturated carbocycles. The largest absolute Gasteiger partial charge is 0.372 e. The van der Waals surface area contributed by atoms with Gasteiger partial charge >= 0.3 is 0 Å². The minimum Gasteiger partial charge on any atom is -0.372 e. The van der Waals surface area contributed by atoms with Crippen LogP contribution in [0.15, 0.2) is 29.8 Å². The third-order valence-electron chi connectivity index (χ3n) is 4.37. The molecule has 0 spiro atoms. The van der Waals surface area contributed by atoms with Gasteiger partial charge in [0.25, 0.3) is 0 Å². The van der Waals surface area contributed by atoms with E-state index in [-0.39, 0.29) is 0 Å². The molecule has 0 aliphatic heterocycles. The Kier molecular flexibility index (Phi) is 6.70. The van der Waals surface area contributed by atoms with E-state index in [1.54, 1.807) is 0 Å². The predicted molar refractivity (Wildman–Crippen MR) is 95.3 cm³/mol. The Morgan fingerprint density at radius 3 is 2.14 bits per heavy atom. The second kappa shape index (κ2) is 8.77. The van der Waals surface area contributed by atoms with Crippen molar-refractivity contribution in [2.24, 2.45) is 0 Å². The van der Waals surface area contributed by atoms with E-state index in [1.807, 2.05) is 0 Å². The molecule has 1 aromatic rings. The smallest absolute Gasteiger partial charge is 0.158 e. The lowest BCUT2D eigenvalue weighted by atomic mass is 10.1. The van der Waals surface area contributed by atoms with Crippen LogP contribution in [0.5, 0.6) is 0 Å².